The van der Waals surface area contributed by atoms with Crippen LogP contribution in [0.4, 0.5) is 0 Å². The van der Waals surface area contributed by atoms with Gasteiger partial charge in [0, 0.05) is 18.9 Å². The molecule has 4 heteroatoms. The Bertz CT molecular complexity index is 252. The summed E-state index contributed by atoms with van der Waals surface area (Å²) in [7, 11) is 1.55. The highest BCUT2D eigenvalue weighted by atomic mass is 35.5. The molecule has 0 aliphatic rings. The lowest BCUT2D eigenvalue weighted by Gasteiger charge is -2.01. The smallest absolute Gasteiger partial charge is 0.147 e. The molecule has 0 spiro atoms. The van der Waals surface area contributed by atoms with Crippen LogP contribution in [0.3, 0.4) is 0 Å². The Labute approximate surface area is 75.1 Å². The molecule has 11 heavy (non-hydrogen) atoms. The van der Waals surface area contributed by atoms with Crippen LogP contribution in [0.1, 0.15) is 5.56 Å². The zero-order valence-electron chi connectivity index (χ0n) is 5.84. The molecule has 0 bridgehead atoms. The second kappa shape index (κ2) is 3.90. The van der Waals surface area contributed by atoms with E-state index in [0.717, 1.165) is 5.56 Å². The summed E-state index contributed by atoms with van der Waals surface area (Å²) < 4.78 is 4.77. The lowest BCUT2D eigenvalue weighted by atomic mass is 10.3. The van der Waals surface area contributed by atoms with E-state index in [4.69, 9.17) is 27.9 Å². The lowest BCUT2D eigenvalue weighted by molar-refractivity contribution is 0.292. The molecule has 0 aliphatic carbocycles. The van der Waals surface area contributed by atoms with Crippen LogP contribution in [0.15, 0.2) is 12.3 Å². The highest BCUT2D eigenvalue weighted by Gasteiger charge is 2.04. The fourth-order valence-corrected chi connectivity index (χ4v) is 0.972. The molecule has 59 valence electrons. The Morgan fingerprint density at radius 3 is 2.91 bits per heavy atom. The molecule has 2 nitrogen and oxygen atoms in total. The third kappa shape index (κ3) is 2.06. The summed E-state index contributed by atoms with van der Waals surface area (Å²) in [6.45, 7) is 1.51. The molecule has 1 radical (unpaired) electrons. The fraction of sp³-hybridized carbons (Fsp3) is 0.143. The third-order valence-electron chi connectivity index (χ3n) is 1.12. The fourth-order valence-electron chi connectivity index (χ4n) is 0.650. The Morgan fingerprint density at radius 2 is 2.27 bits per heavy atom. The largest absolute Gasteiger partial charge is 0.374 e. The summed E-state index contributed by atoms with van der Waals surface area (Å²) in [5, 5.41) is 0.702. The number of rotatable bonds is 2. The average molecular weight is 191 g/mol. The van der Waals surface area contributed by atoms with Crippen LogP contribution < -0.4 is 0 Å². The van der Waals surface area contributed by atoms with Crippen molar-refractivity contribution >= 4 is 23.2 Å². The summed E-state index contributed by atoms with van der Waals surface area (Å²) >= 11 is 11.4. The highest BCUT2D eigenvalue weighted by molar-refractivity contribution is 6.41. The van der Waals surface area contributed by atoms with E-state index >= 15 is 0 Å². The number of nitrogens with zero attached hydrogens (tertiary/aromatic N) is 1. The minimum atomic E-state index is 0.289. The van der Waals surface area contributed by atoms with Crippen molar-refractivity contribution in [3.8, 4) is 0 Å². The van der Waals surface area contributed by atoms with Gasteiger partial charge in [-0.3, -0.25) is 0 Å². The zero-order chi connectivity index (χ0) is 8.27. The van der Waals surface area contributed by atoms with E-state index in [-0.39, 0.29) is 5.15 Å². The molecular weight excluding hydrogens is 185 g/mol. The molecule has 0 amide bonds. The van der Waals surface area contributed by atoms with Crippen molar-refractivity contribution in [3.63, 3.8) is 0 Å². The van der Waals surface area contributed by atoms with Crippen LogP contribution in [0.5, 0.6) is 0 Å². The van der Waals surface area contributed by atoms with Crippen LogP contribution in [0.25, 0.3) is 0 Å². The van der Waals surface area contributed by atoms with Crippen LogP contribution in [0.2, 0.25) is 10.2 Å². The maximum atomic E-state index is 5.77. The molecule has 0 saturated heterocycles. The van der Waals surface area contributed by atoms with Gasteiger partial charge in [-0.1, -0.05) is 23.2 Å². The van der Waals surface area contributed by atoms with Crippen molar-refractivity contribution in [2.75, 3.05) is 7.11 Å². The number of halogens is 2. The van der Waals surface area contributed by atoms with E-state index < -0.39 is 0 Å². The molecule has 1 rings (SSSR count). The summed E-state index contributed by atoms with van der Waals surface area (Å²) in [6.07, 6.45) is 1.57. The van der Waals surface area contributed by atoms with Crippen molar-refractivity contribution in [3.05, 3.63) is 34.6 Å². The van der Waals surface area contributed by atoms with Gasteiger partial charge in [-0.05, 0) is 6.07 Å². The van der Waals surface area contributed by atoms with E-state index in [9.17, 15) is 0 Å². The van der Waals surface area contributed by atoms with Gasteiger partial charge < -0.3 is 4.74 Å². The van der Waals surface area contributed by atoms with Gasteiger partial charge in [0.2, 0.25) is 0 Å². The number of hydrogen-bond donors (Lipinski definition) is 0. The highest BCUT2D eigenvalue weighted by Crippen LogP contribution is 2.24. The Kier molecular flexibility index (Phi) is 3.12. The van der Waals surface area contributed by atoms with Crippen molar-refractivity contribution in [2.24, 2.45) is 0 Å². The van der Waals surface area contributed by atoms with Gasteiger partial charge in [-0.2, -0.15) is 0 Å². The molecule has 1 aromatic rings. The topological polar surface area (TPSA) is 22.1 Å². The van der Waals surface area contributed by atoms with E-state index in [0.29, 0.717) is 5.02 Å². The van der Waals surface area contributed by atoms with Gasteiger partial charge in [0.05, 0.1) is 5.02 Å². The number of hydrogen-bond acceptors (Lipinski definition) is 2. The first kappa shape index (κ1) is 8.78. The summed E-state index contributed by atoms with van der Waals surface area (Å²) in [4.78, 5) is 3.78. The van der Waals surface area contributed by atoms with Crippen molar-refractivity contribution < 1.29 is 4.74 Å². The monoisotopic (exact) mass is 190 g/mol. The second-order valence-electron chi connectivity index (χ2n) is 1.86. The quantitative estimate of drug-likeness (QED) is 0.670. The van der Waals surface area contributed by atoms with Crippen molar-refractivity contribution in [1.82, 2.24) is 4.98 Å². The van der Waals surface area contributed by atoms with Gasteiger partial charge >= 0.3 is 0 Å². The van der Waals surface area contributed by atoms with E-state index in [1.807, 2.05) is 0 Å². The molecular formula is C7H6Cl2NO. The summed E-state index contributed by atoms with van der Waals surface area (Å²) in [5.74, 6) is 0. The van der Waals surface area contributed by atoms with E-state index in [1.54, 1.807) is 19.4 Å². The van der Waals surface area contributed by atoms with E-state index in [2.05, 4.69) is 4.98 Å². The predicted molar refractivity (Wildman–Crippen MR) is 44.7 cm³/mol. The number of methoxy groups -OCH3 is 1. The first-order chi connectivity index (χ1) is 5.25. The predicted octanol–water partition coefficient (Wildman–Crippen LogP) is 2.54. The standard InChI is InChI=1S/C7H6Cl2NO/c1-11-4-5-2-3-10-7(9)6(5)8/h2-4H,1H3. The first-order valence-electron chi connectivity index (χ1n) is 2.91. The van der Waals surface area contributed by atoms with Crippen molar-refractivity contribution in [1.29, 1.82) is 0 Å². The molecule has 0 saturated carbocycles. The molecule has 0 N–H and O–H groups in total. The van der Waals surface area contributed by atoms with Gasteiger partial charge in [0.15, 0.2) is 0 Å². The normalized spacial score (nSPS) is 10.1. The average Bonchev–Trinajstić information content (AvgIpc) is 1.99. The molecule has 1 heterocycles. The molecule has 0 aromatic carbocycles. The first-order valence-corrected chi connectivity index (χ1v) is 3.67. The minimum Gasteiger partial charge on any atom is -0.374 e. The molecule has 1 aromatic heterocycles. The van der Waals surface area contributed by atoms with Crippen molar-refractivity contribution in [2.45, 2.75) is 0 Å². The number of pyridine rings is 1. The molecule has 0 fully saturated rings. The Morgan fingerprint density at radius 1 is 1.55 bits per heavy atom. The maximum Gasteiger partial charge on any atom is 0.147 e. The Hall–Kier alpha value is -0.310. The number of aromatic nitrogens is 1. The Balaban J connectivity index is 2.96. The van der Waals surface area contributed by atoms with Crippen LogP contribution in [-0.4, -0.2) is 12.1 Å². The second-order valence-corrected chi connectivity index (χ2v) is 2.59. The lowest BCUT2D eigenvalue weighted by Crippen LogP contribution is -1.87. The molecule has 0 unspecified atom stereocenters. The van der Waals surface area contributed by atoms with Crippen LogP contribution in [-0.2, 0) is 4.74 Å². The molecule has 0 aliphatic heterocycles. The van der Waals surface area contributed by atoms with Crippen LogP contribution >= 0.6 is 23.2 Å². The molecule has 0 atom stereocenters. The van der Waals surface area contributed by atoms with Gasteiger partial charge in [-0.15, -0.1) is 0 Å². The van der Waals surface area contributed by atoms with Gasteiger partial charge in [0.1, 0.15) is 11.8 Å². The van der Waals surface area contributed by atoms with Gasteiger partial charge in [-0.25, -0.2) is 4.98 Å². The summed E-state index contributed by atoms with van der Waals surface area (Å²) in [6, 6.07) is 1.72. The third-order valence-corrected chi connectivity index (χ3v) is 1.90. The van der Waals surface area contributed by atoms with Crippen LogP contribution in [0, 0.1) is 6.61 Å². The summed E-state index contributed by atoms with van der Waals surface area (Å²) in [5.41, 5.74) is 0.731. The SMILES string of the molecule is CO[CH]c1ccnc(Cl)c1Cl. The zero-order valence-corrected chi connectivity index (χ0v) is 7.36. The van der Waals surface area contributed by atoms with Gasteiger partial charge in [0.25, 0.3) is 0 Å². The number of ether oxygens (including phenoxy) is 1. The minimum absolute atomic E-state index is 0.289. The maximum absolute atomic E-state index is 5.77. The van der Waals surface area contributed by atoms with E-state index in [1.165, 1.54) is 6.61 Å².